The number of fused-ring (bicyclic) bond motifs is 1. The van der Waals surface area contributed by atoms with Crippen molar-refractivity contribution in [1.29, 1.82) is 0 Å². The summed E-state index contributed by atoms with van der Waals surface area (Å²) in [6.07, 6.45) is 1.22. The van der Waals surface area contributed by atoms with Gasteiger partial charge in [-0.3, -0.25) is 0 Å². The molecule has 0 aliphatic carbocycles. The second-order valence-electron chi connectivity index (χ2n) is 5.44. The van der Waals surface area contributed by atoms with Crippen molar-refractivity contribution in [3.05, 3.63) is 27.8 Å². The van der Waals surface area contributed by atoms with Gasteiger partial charge in [-0.2, -0.15) is 0 Å². The molecule has 0 amide bonds. The lowest BCUT2D eigenvalue weighted by Gasteiger charge is -2.24. The minimum absolute atomic E-state index is 0.619. The average Bonchev–Trinajstić information content (AvgIpc) is 2.58. The molecule has 2 rings (SSSR count). The maximum Gasteiger partial charge on any atom is 0.0437 e. The van der Waals surface area contributed by atoms with Gasteiger partial charge in [0.15, 0.2) is 0 Å². The number of rotatable bonds is 1. The molecule has 1 aromatic carbocycles. The predicted octanol–water partition coefficient (Wildman–Crippen LogP) is 3.73. The number of hydrogen-bond donors (Lipinski definition) is 0. The Morgan fingerprint density at radius 1 is 1.00 bits per heavy atom. The van der Waals surface area contributed by atoms with E-state index in [1.54, 1.807) is 11.1 Å². The third kappa shape index (κ3) is 1.45. The van der Waals surface area contributed by atoms with Gasteiger partial charge in [0, 0.05) is 19.3 Å². The molecule has 1 aromatic rings. The van der Waals surface area contributed by atoms with Crippen molar-refractivity contribution in [2.24, 2.45) is 0 Å². The normalized spacial score (nSPS) is 14.8. The lowest BCUT2D eigenvalue weighted by molar-refractivity contribution is 0.844. The molecule has 1 heterocycles. The highest BCUT2D eigenvalue weighted by molar-refractivity contribution is 5.70. The summed E-state index contributed by atoms with van der Waals surface area (Å²) in [6, 6.07) is 0. The maximum atomic E-state index is 2.43. The van der Waals surface area contributed by atoms with Crippen molar-refractivity contribution < 1.29 is 0 Å². The third-order valence-corrected chi connectivity index (χ3v) is 4.18. The lowest BCUT2D eigenvalue weighted by atomic mass is 9.87. The van der Waals surface area contributed by atoms with Crippen LogP contribution in [0.3, 0.4) is 0 Å². The molecule has 16 heavy (non-hydrogen) atoms. The molecular weight excluding hydrogens is 194 g/mol. The van der Waals surface area contributed by atoms with E-state index >= 15 is 0 Å². The van der Waals surface area contributed by atoms with E-state index < -0.39 is 0 Å². The first-order valence-corrected chi connectivity index (χ1v) is 6.28. The Labute approximate surface area is 99.5 Å². The minimum Gasteiger partial charge on any atom is -0.374 e. The highest BCUT2D eigenvalue weighted by Crippen LogP contribution is 2.41. The monoisotopic (exact) mass is 217 g/mol. The van der Waals surface area contributed by atoms with Crippen LogP contribution in [0, 0.1) is 20.8 Å². The fraction of sp³-hybridized carbons (Fsp3) is 0.600. The molecule has 0 fully saturated rings. The Kier molecular flexibility index (Phi) is 2.73. The van der Waals surface area contributed by atoms with E-state index in [0.717, 1.165) is 0 Å². The summed E-state index contributed by atoms with van der Waals surface area (Å²) in [5.74, 6) is 0.619. The Morgan fingerprint density at radius 2 is 1.62 bits per heavy atom. The SMILES string of the molecule is Cc1c(C)c2c(c(C(C)C)c1C)N(C)CC2. The summed E-state index contributed by atoms with van der Waals surface area (Å²) in [4.78, 5) is 2.43. The first kappa shape index (κ1) is 11.5. The Morgan fingerprint density at radius 3 is 2.19 bits per heavy atom. The molecule has 0 unspecified atom stereocenters. The maximum absolute atomic E-state index is 2.43. The zero-order valence-electron chi connectivity index (χ0n) is 11.4. The summed E-state index contributed by atoms with van der Waals surface area (Å²) in [5.41, 5.74) is 9.20. The Balaban J connectivity index is 2.79. The molecule has 0 N–H and O–H groups in total. The fourth-order valence-corrected chi connectivity index (χ4v) is 3.07. The minimum atomic E-state index is 0.619. The van der Waals surface area contributed by atoms with Crippen LogP contribution in [0.15, 0.2) is 0 Å². The molecule has 0 aromatic heterocycles. The quantitative estimate of drug-likeness (QED) is 0.693. The third-order valence-electron chi connectivity index (χ3n) is 4.18. The van der Waals surface area contributed by atoms with Crippen molar-refractivity contribution >= 4 is 5.69 Å². The highest BCUT2D eigenvalue weighted by Gasteiger charge is 2.25. The molecule has 0 spiro atoms. The molecule has 1 heteroatoms. The van der Waals surface area contributed by atoms with Crippen molar-refractivity contribution in [2.45, 2.75) is 47.0 Å². The van der Waals surface area contributed by atoms with Crippen LogP contribution in [0.2, 0.25) is 0 Å². The number of benzene rings is 1. The molecule has 0 saturated heterocycles. The number of hydrogen-bond acceptors (Lipinski definition) is 1. The van der Waals surface area contributed by atoms with Gasteiger partial charge >= 0.3 is 0 Å². The molecule has 0 bridgehead atoms. The number of likely N-dealkylation sites (N-methyl/N-ethyl adjacent to an activating group) is 1. The molecular formula is C15H23N. The summed E-state index contributed by atoms with van der Waals surface area (Å²) in [5, 5.41) is 0. The second kappa shape index (κ2) is 3.80. The zero-order valence-corrected chi connectivity index (χ0v) is 11.4. The van der Waals surface area contributed by atoms with Gasteiger partial charge in [-0.15, -0.1) is 0 Å². The summed E-state index contributed by atoms with van der Waals surface area (Å²) < 4.78 is 0. The molecule has 88 valence electrons. The van der Waals surface area contributed by atoms with E-state index in [1.165, 1.54) is 35.3 Å². The fourth-order valence-electron chi connectivity index (χ4n) is 3.07. The van der Waals surface area contributed by atoms with Gasteiger partial charge in [-0.05, 0) is 60.9 Å². The van der Waals surface area contributed by atoms with Gasteiger partial charge in [0.05, 0.1) is 0 Å². The van der Waals surface area contributed by atoms with Crippen molar-refractivity contribution in [1.82, 2.24) is 0 Å². The van der Waals surface area contributed by atoms with Crippen LogP contribution in [0.25, 0.3) is 0 Å². The average molecular weight is 217 g/mol. The van der Waals surface area contributed by atoms with Crippen LogP contribution < -0.4 is 4.90 Å². The van der Waals surface area contributed by atoms with Crippen molar-refractivity contribution in [3.63, 3.8) is 0 Å². The molecule has 1 aliphatic rings. The van der Waals surface area contributed by atoms with Crippen LogP contribution >= 0.6 is 0 Å². The van der Waals surface area contributed by atoms with E-state index in [9.17, 15) is 0 Å². The summed E-state index contributed by atoms with van der Waals surface area (Å²) in [6.45, 7) is 12.6. The van der Waals surface area contributed by atoms with E-state index in [2.05, 4.69) is 46.6 Å². The van der Waals surface area contributed by atoms with Gasteiger partial charge in [0.25, 0.3) is 0 Å². The van der Waals surface area contributed by atoms with Crippen LogP contribution in [0.1, 0.15) is 47.6 Å². The molecule has 0 radical (unpaired) electrons. The van der Waals surface area contributed by atoms with Crippen LogP contribution in [-0.2, 0) is 6.42 Å². The first-order valence-electron chi connectivity index (χ1n) is 6.28. The van der Waals surface area contributed by atoms with Gasteiger partial charge in [0.1, 0.15) is 0 Å². The van der Waals surface area contributed by atoms with Gasteiger partial charge in [-0.25, -0.2) is 0 Å². The van der Waals surface area contributed by atoms with Gasteiger partial charge < -0.3 is 4.90 Å². The topological polar surface area (TPSA) is 3.24 Å². The Hall–Kier alpha value is -0.980. The standard InChI is InChI=1S/C15H23N/c1-9(2)14-12(5)10(3)11(4)13-7-8-16(6)15(13)14/h9H,7-8H2,1-6H3. The van der Waals surface area contributed by atoms with Gasteiger partial charge in [0.2, 0.25) is 0 Å². The molecule has 0 saturated carbocycles. The smallest absolute Gasteiger partial charge is 0.0437 e. The van der Waals surface area contributed by atoms with E-state index in [0.29, 0.717) is 5.92 Å². The predicted molar refractivity (Wildman–Crippen MR) is 71.7 cm³/mol. The van der Waals surface area contributed by atoms with Gasteiger partial charge in [-0.1, -0.05) is 13.8 Å². The van der Waals surface area contributed by atoms with Crippen molar-refractivity contribution in [2.75, 3.05) is 18.5 Å². The molecule has 0 atom stereocenters. The Bertz CT molecular complexity index is 430. The van der Waals surface area contributed by atoms with Crippen LogP contribution in [-0.4, -0.2) is 13.6 Å². The van der Waals surface area contributed by atoms with Crippen LogP contribution in [0.5, 0.6) is 0 Å². The second-order valence-corrected chi connectivity index (χ2v) is 5.44. The number of anilines is 1. The summed E-state index contributed by atoms with van der Waals surface area (Å²) in [7, 11) is 2.23. The van der Waals surface area contributed by atoms with Crippen molar-refractivity contribution in [3.8, 4) is 0 Å². The van der Waals surface area contributed by atoms with E-state index in [1.807, 2.05) is 0 Å². The van der Waals surface area contributed by atoms with Crippen LogP contribution in [0.4, 0.5) is 5.69 Å². The highest BCUT2D eigenvalue weighted by atomic mass is 15.1. The summed E-state index contributed by atoms with van der Waals surface area (Å²) >= 11 is 0. The zero-order chi connectivity index (χ0) is 12.0. The first-order chi connectivity index (χ1) is 7.45. The largest absolute Gasteiger partial charge is 0.374 e. The van der Waals surface area contributed by atoms with E-state index in [-0.39, 0.29) is 0 Å². The van der Waals surface area contributed by atoms with E-state index in [4.69, 9.17) is 0 Å². The lowest BCUT2D eigenvalue weighted by Crippen LogP contribution is -2.15. The molecule has 1 nitrogen and oxygen atoms in total. The molecule has 1 aliphatic heterocycles. The number of nitrogens with zero attached hydrogens (tertiary/aromatic N) is 1.